The Kier molecular flexibility index (Phi) is 3.84. The van der Waals surface area contributed by atoms with Crippen molar-refractivity contribution in [3.63, 3.8) is 0 Å². The Morgan fingerprint density at radius 1 is 1.11 bits per heavy atom. The Labute approximate surface area is 110 Å². The van der Waals surface area contributed by atoms with Gasteiger partial charge in [0.05, 0.1) is 5.02 Å². The van der Waals surface area contributed by atoms with Gasteiger partial charge in [-0.15, -0.1) is 0 Å². The number of benzene rings is 2. The van der Waals surface area contributed by atoms with E-state index >= 15 is 0 Å². The first-order chi connectivity index (χ1) is 8.56. The summed E-state index contributed by atoms with van der Waals surface area (Å²) >= 11 is 5.59. The van der Waals surface area contributed by atoms with Crippen LogP contribution in [0.4, 0.5) is 4.39 Å². The highest BCUT2D eigenvalue weighted by Crippen LogP contribution is 2.26. The molecule has 0 spiro atoms. The molecule has 2 aromatic rings. The molecule has 0 saturated carbocycles. The van der Waals surface area contributed by atoms with Crippen molar-refractivity contribution in [3.05, 3.63) is 58.9 Å². The van der Waals surface area contributed by atoms with Crippen LogP contribution in [0.25, 0.3) is 0 Å². The highest BCUT2D eigenvalue weighted by molar-refractivity contribution is 6.30. The maximum atomic E-state index is 13.2. The third-order valence-corrected chi connectivity index (χ3v) is 2.84. The van der Waals surface area contributed by atoms with Crippen LogP contribution in [0.1, 0.15) is 18.5 Å². The zero-order valence-electron chi connectivity index (χ0n) is 9.86. The van der Waals surface area contributed by atoms with Crippen molar-refractivity contribution >= 4 is 11.6 Å². The van der Waals surface area contributed by atoms with Crippen LogP contribution in [-0.2, 0) is 0 Å². The van der Waals surface area contributed by atoms with Crippen molar-refractivity contribution in [2.45, 2.75) is 13.0 Å². The molecule has 0 amide bonds. The first kappa shape index (κ1) is 12.9. The fraction of sp³-hybridized carbons (Fsp3) is 0.143. The zero-order valence-corrected chi connectivity index (χ0v) is 10.6. The highest BCUT2D eigenvalue weighted by Gasteiger charge is 2.04. The molecular formula is C14H13ClFNO. The normalized spacial score (nSPS) is 12.2. The minimum atomic E-state index is -0.499. The van der Waals surface area contributed by atoms with Crippen LogP contribution in [0.5, 0.6) is 11.5 Å². The molecule has 0 fully saturated rings. The maximum absolute atomic E-state index is 13.2. The van der Waals surface area contributed by atoms with E-state index in [-0.39, 0.29) is 11.1 Å². The second-order valence-corrected chi connectivity index (χ2v) is 4.44. The van der Waals surface area contributed by atoms with Gasteiger partial charge in [-0.25, -0.2) is 4.39 Å². The third kappa shape index (κ3) is 3.00. The summed E-state index contributed by atoms with van der Waals surface area (Å²) in [6.07, 6.45) is 0. The van der Waals surface area contributed by atoms with Crippen molar-refractivity contribution < 1.29 is 9.13 Å². The standard InChI is InChI=1S/C14H13ClFNO/c1-9(17)10-2-4-11(5-3-10)18-12-6-7-13(15)14(16)8-12/h2-9H,17H2,1H3. The average molecular weight is 266 g/mol. The van der Waals surface area contributed by atoms with Crippen LogP contribution in [0.3, 0.4) is 0 Å². The van der Waals surface area contributed by atoms with Crippen LogP contribution < -0.4 is 10.5 Å². The van der Waals surface area contributed by atoms with Gasteiger partial charge in [-0.05, 0) is 36.8 Å². The van der Waals surface area contributed by atoms with Gasteiger partial charge in [0.2, 0.25) is 0 Å². The van der Waals surface area contributed by atoms with E-state index in [9.17, 15) is 4.39 Å². The number of nitrogens with two attached hydrogens (primary N) is 1. The average Bonchev–Trinajstić information content (AvgIpc) is 2.34. The number of hydrogen-bond acceptors (Lipinski definition) is 2. The second-order valence-electron chi connectivity index (χ2n) is 4.04. The van der Waals surface area contributed by atoms with Gasteiger partial charge < -0.3 is 10.5 Å². The molecule has 2 rings (SSSR count). The molecule has 1 unspecified atom stereocenters. The lowest BCUT2D eigenvalue weighted by atomic mass is 10.1. The summed E-state index contributed by atoms with van der Waals surface area (Å²) in [5.41, 5.74) is 6.77. The topological polar surface area (TPSA) is 35.2 Å². The summed E-state index contributed by atoms with van der Waals surface area (Å²) in [7, 11) is 0. The molecule has 0 radical (unpaired) electrons. The van der Waals surface area contributed by atoms with Crippen molar-refractivity contribution in [2.75, 3.05) is 0 Å². The predicted molar refractivity (Wildman–Crippen MR) is 70.5 cm³/mol. The van der Waals surface area contributed by atoms with E-state index in [1.54, 1.807) is 18.2 Å². The van der Waals surface area contributed by atoms with Crippen LogP contribution in [0, 0.1) is 5.82 Å². The van der Waals surface area contributed by atoms with E-state index < -0.39 is 5.82 Å². The summed E-state index contributed by atoms with van der Waals surface area (Å²) in [6, 6.07) is 11.7. The summed E-state index contributed by atoms with van der Waals surface area (Å²) in [5, 5.41) is 0.0784. The van der Waals surface area contributed by atoms with Gasteiger partial charge in [0.25, 0.3) is 0 Å². The van der Waals surface area contributed by atoms with Gasteiger partial charge >= 0.3 is 0 Å². The largest absolute Gasteiger partial charge is 0.457 e. The molecular weight excluding hydrogens is 253 g/mol. The molecule has 2 nitrogen and oxygen atoms in total. The SMILES string of the molecule is CC(N)c1ccc(Oc2ccc(Cl)c(F)c2)cc1. The van der Waals surface area contributed by atoms with E-state index in [2.05, 4.69) is 0 Å². The number of rotatable bonds is 3. The summed E-state index contributed by atoms with van der Waals surface area (Å²) in [6.45, 7) is 1.91. The summed E-state index contributed by atoms with van der Waals surface area (Å²) in [5.74, 6) is 0.535. The molecule has 0 bridgehead atoms. The fourth-order valence-electron chi connectivity index (χ4n) is 1.52. The molecule has 2 aromatic carbocycles. The van der Waals surface area contributed by atoms with Gasteiger partial charge in [0, 0.05) is 12.1 Å². The number of halogens is 2. The zero-order chi connectivity index (χ0) is 13.1. The van der Waals surface area contributed by atoms with E-state index in [0.29, 0.717) is 11.5 Å². The Hall–Kier alpha value is -1.58. The van der Waals surface area contributed by atoms with Gasteiger partial charge in [-0.1, -0.05) is 23.7 Å². The van der Waals surface area contributed by atoms with Gasteiger partial charge in [-0.3, -0.25) is 0 Å². The van der Waals surface area contributed by atoms with Crippen molar-refractivity contribution in [1.82, 2.24) is 0 Å². The molecule has 1 atom stereocenters. The number of ether oxygens (including phenoxy) is 1. The molecule has 0 heterocycles. The quantitative estimate of drug-likeness (QED) is 0.898. The lowest BCUT2D eigenvalue weighted by Gasteiger charge is -2.09. The third-order valence-electron chi connectivity index (χ3n) is 2.53. The lowest BCUT2D eigenvalue weighted by molar-refractivity contribution is 0.476. The van der Waals surface area contributed by atoms with Crippen molar-refractivity contribution in [3.8, 4) is 11.5 Å². The van der Waals surface area contributed by atoms with E-state index in [1.807, 2.05) is 19.1 Å². The summed E-state index contributed by atoms with van der Waals surface area (Å²) in [4.78, 5) is 0. The number of hydrogen-bond donors (Lipinski definition) is 1. The monoisotopic (exact) mass is 265 g/mol. The predicted octanol–water partition coefficient (Wildman–Crippen LogP) is 4.29. The van der Waals surface area contributed by atoms with Gasteiger partial charge in [0.1, 0.15) is 17.3 Å². The molecule has 2 N–H and O–H groups in total. The second kappa shape index (κ2) is 5.38. The van der Waals surface area contributed by atoms with Gasteiger partial charge in [-0.2, -0.15) is 0 Å². The fourth-order valence-corrected chi connectivity index (χ4v) is 1.63. The van der Waals surface area contributed by atoms with Gasteiger partial charge in [0.15, 0.2) is 0 Å². The molecule has 0 aliphatic heterocycles. The first-order valence-corrected chi connectivity index (χ1v) is 5.92. The molecule has 0 saturated heterocycles. The lowest BCUT2D eigenvalue weighted by Crippen LogP contribution is -2.04. The Balaban J connectivity index is 2.15. The highest BCUT2D eigenvalue weighted by atomic mass is 35.5. The molecule has 4 heteroatoms. The van der Waals surface area contributed by atoms with Crippen molar-refractivity contribution in [1.29, 1.82) is 0 Å². The van der Waals surface area contributed by atoms with E-state index in [1.165, 1.54) is 12.1 Å². The van der Waals surface area contributed by atoms with E-state index in [0.717, 1.165) is 5.56 Å². The summed E-state index contributed by atoms with van der Waals surface area (Å²) < 4.78 is 18.7. The first-order valence-electron chi connectivity index (χ1n) is 5.54. The van der Waals surface area contributed by atoms with E-state index in [4.69, 9.17) is 22.1 Å². The Morgan fingerprint density at radius 2 is 1.72 bits per heavy atom. The minimum absolute atomic E-state index is 0.0213. The van der Waals surface area contributed by atoms with Crippen LogP contribution in [-0.4, -0.2) is 0 Å². The molecule has 18 heavy (non-hydrogen) atoms. The Morgan fingerprint density at radius 3 is 2.28 bits per heavy atom. The molecule has 0 aromatic heterocycles. The van der Waals surface area contributed by atoms with Crippen LogP contribution in [0.15, 0.2) is 42.5 Å². The van der Waals surface area contributed by atoms with Crippen LogP contribution in [0.2, 0.25) is 5.02 Å². The maximum Gasteiger partial charge on any atom is 0.145 e. The molecule has 94 valence electrons. The molecule has 0 aliphatic rings. The van der Waals surface area contributed by atoms with Crippen LogP contribution >= 0.6 is 11.6 Å². The Bertz CT molecular complexity index is 540. The molecule has 0 aliphatic carbocycles. The van der Waals surface area contributed by atoms with Crippen molar-refractivity contribution in [2.24, 2.45) is 5.73 Å². The minimum Gasteiger partial charge on any atom is -0.457 e. The smallest absolute Gasteiger partial charge is 0.145 e.